The molecule has 106 valence electrons. The molecule has 0 saturated carbocycles. The minimum atomic E-state index is -0.721. The number of rotatable bonds is 6. The van der Waals surface area contributed by atoms with Crippen LogP contribution in [-0.4, -0.2) is 23.8 Å². The summed E-state index contributed by atoms with van der Waals surface area (Å²) in [5.41, 5.74) is 0.773. The lowest BCUT2D eigenvalue weighted by Crippen LogP contribution is -2.28. The van der Waals surface area contributed by atoms with Crippen molar-refractivity contribution in [3.8, 4) is 0 Å². The number of aliphatic hydroxyl groups excluding tert-OH is 1. The summed E-state index contributed by atoms with van der Waals surface area (Å²) < 4.78 is 5.41. The molecule has 1 amide bonds. The molecule has 0 spiro atoms. The second kappa shape index (κ2) is 7.17. The average Bonchev–Trinajstić information content (AvgIpc) is 2.94. The van der Waals surface area contributed by atoms with Gasteiger partial charge in [0.05, 0.1) is 11.9 Å². The van der Waals surface area contributed by atoms with Gasteiger partial charge >= 0.3 is 0 Å². The molecular weight excluding hydrogens is 274 g/mol. The topological polar surface area (TPSA) is 62.5 Å². The number of carbonyl (C=O) groups is 1. The van der Waals surface area contributed by atoms with Crippen LogP contribution in [0.15, 0.2) is 46.9 Å². The third-order valence-electron chi connectivity index (χ3n) is 2.81. The molecule has 0 aliphatic rings. The highest BCUT2D eigenvalue weighted by Gasteiger charge is 2.13. The predicted octanol–water partition coefficient (Wildman–Crippen LogP) is 2.61. The van der Waals surface area contributed by atoms with Crippen molar-refractivity contribution in [1.82, 2.24) is 5.32 Å². The summed E-state index contributed by atoms with van der Waals surface area (Å²) in [7, 11) is 0. The van der Waals surface area contributed by atoms with Crippen molar-refractivity contribution in [2.24, 2.45) is 0 Å². The van der Waals surface area contributed by atoms with E-state index in [1.807, 2.05) is 36.6 Å². The van der Waals surface area contributed by atoms with Crippen molar-refractivity contribution in [1.29, 1.82) is 0 Å². The van der Waals surface area contributed by atoms with Crippen LogP contribution in [0, 0.1) is 0 Å². The fraction of sp³-hybridized carbons (Fsp3) is 0.267. The van der Waals surface area contributed by atoms with E-state index in [2.05, 4.69) is 5.32 Å². The van der Waals surface area contributed by atoms with Crippen LogP contribution in [0.4, 0.5) is 0 Å². The van der Waals surface area contributed by atoms with Gasteiger partial charge in [-0.3, -0.25) is 4.79 Å². The van der Waals surface area contributed by atoms with E-state index in [4.69, 9.17) is 4.42 Å². The van der Waals surface area contributed by atoms with Crippen molar-refractivity contribution in [2.45, 2.75) is 11.9 Å². The summed E-state index contributed by atoms with van der Waals surface area (Å²) in [4.78, 5) is 11.9. The van der Waals surface area contributed by atoms with E-state index in [1.165, 1.54) is 0 Å². The minimum absolute atomic E-state index is 0.154. The van der Waals surface area contributed by atoms with Crippen LogP contribution in [0.3, 0.4) is 0 Å². The smallest absolute Gasteiger partial charge is 0.287 e. The fourth-order valence-electron chi connectivity index (χ4n) is 1.79. The van der Waals surface area contributed by atoms with E-state index in [0.29, 0.717) is 0 Å². The number of hydrogen-bond donors (Lipinski definition) is 2. The van der Waals surface area contributed by atoms with E-state index in [-0.39, 0.29) is 18.2 Å². The molecule has 1 aromatic heterocycles. The quantitative estimate of drug-likeness (QED) is 0.859. The molecule has 1 unspecified atom stereocenters. The number of benzene rings is 1. The third kappa shape index (κ3) is 3.88. The number of amides is 1. The first-order valence-electron chi connectivity index (χ1n) is 6.29. The Kier molecular flexibility index (Phi) is 5.26. The van der Waals surface area contributed by atoms with Crippen LogP contribution in [0.25, 0.3) is 0 Å². The molecule has 0 bridgehead atoms. The SMILES string of the molecule is CSCc1ccc(C(=O)NCC(O)c2ccccc2)o1. The van der Waals surface area contributed by atoms with Crippen molar-refractivity contribution < 1.29 is 14.3 Å². The summed E-state index contributed by atoms with van der Waals surface area (Å²) in [6.07, 6.45) is 1.25. The monoisotopic (exact) mass is 291 g/mol. The van der Waals surface area contributed by atoms with Gasteiger partial charge in [0, 0.05) is 6.54 Å². The summed E-state index contributed by atoms with van der Waals surface area (Å²) in [6, 6.07) is 12.7. The number of aliphatic hydroxyl groups is 1. The van der Waals surface area contributed by atoms with Crippen molar-refractivity contribution in [3.05, 3.63) is 59.5 Å². The van der Waals surface area contributed by atoms with Gasteiger partial charge in [-0.1, -0.05) is 30.3 Å². The van der Waals surface area contributed by atoms with Crippen LogP contribution in [0.5, 0.6) is 0 Å². The van der Waals surface area contributed by atoms with Gasteiger partial charge in [-0.05, 0) is 24.0 Å². The molecule has 0 saturated heterocycles. The van der Waals surface area contributed by atoms with Gasteiger partial charge in [-0.15, -0.1) is 0 Å². The Bertz CT molecular complexity index is 553. The molecule has 0 fully saturated rings. The molecule has 1 atom stereocenters. The molecule has 0 radical (unpaired) electrons. The van der Waals surface area contributed by atoms with Gasteiger partial charge in [-0.2, -0.15) is 11.8 Å². The standard InChI is InChI=1S/C15H17NO3S/c1-20-10-12-7-8-14(19-12)15(18)16-9-13(17)11-5-3-2-4-6-11/h2-8,13,17H,9-10H2,1H3,(H,16,18). The number of hydrogen-bond acceptors (Lipinski definition) is 4. The Morgan fingerprint density at radius 1 is 1.30 bits per heavy atom. The summed E-state index contributed by atoms with van der Waals surface area (Å²) in [6.45, 7) is 0.154. The number of thioether (sulfide) groups is 1. The lowest BCUT2D eigenvalue weighted by atomic mass is 10.1. The van der Waals surface area contributed by atoms with E-state index in [9.17, 15) is 9.90 Å². The van der Waals surface area contributed by atoms with E-state index < -0.39 is 6.10 Å². The Morgan fingerprint density at radius 2 is 2.05 bits per heavy atom. The van der Waals surface area contributed by atoms with Crippen LogP contribution in [0.2, 0.25) is 0 Å². The maximum atomic E-state index is 11.9. The molecule has 0 aliphatic heterocycles. The Balaban J connectivity index is 1.88. The van der Waals surface area contributed by atoms with Crippen molar-refractivity contribution in [2.75, 3.05) is 12.8 Å². The van der Waals surface area contributed by atoms with E-state index in [0.717, 1.165) is 17.1 Å². The third-order valence-corrected chi connectivity index (χ3v) is 3.39. The van der Waals surface area contributed by atoms with Crippen LogP contribution >= 0.6 is 11.8 Å². The lowest BCUT2D eigenvalue weighted by molar-refractivity contribution is 0.0887. The van der Waals surface area contributed by atoms with Gasteiger partial charge in [0.25, 0.3) is 5.91 Å². The maximum absolute atomic E-state index is 11.9. The van der Waals surface area contributed by atoms with Gasteiger partial charge in [-0.25, -0.2) is 0 Å². The largest absolute Gasteiger partial charge is 0.455 e. The zero-order valence-electron chi connectivity index (χ0n) is 11.2. The van der Waals surface area contributed by atoms with Gasteiger partial charge in [0.2, 0.25) is 0 Å². The number of carbonyl (C=O) groups excluding carboxylic acids is 1. The minimum Gasteiger partial charge on any atom is -0.455 e. The van der Waals surface area contributed by atoms with Gasteiger partial charge in [0.1, 0.15) is 5.76 Å². The Hall–Kier alpha value is -1.72. The van der Waals surface area contributed by atoms with E-state index >= 15 is 0 Å². The highest BCUT2D eigenvalue weighted by atomic mass is 32.2. The Morgan fingerprint density at radius 3 is 2.75 bits per heavy atom. The second-order valence-corrected chi connectivity index (χ2v) is 5.20. The number of furan rings is 1. The summed E-state index contributed by atoms with van der Waals surface area (Å²) in [5, 5.41) is 12.6. The molecule has 20 heavy (non-hydrogen) atoms. The molecule has 2 N–H and O–H groups in total. The zero-order valence-corrected chi connectivity index (χ0v) is 12.0. The van der Waals surface area contributed by atoms with Crippen molar-refractivity contribution >= 4 is 17.7 Å². The molecule has 4 nitrogen and oxygen atoms in total. The van der Waals surface area contributed by atoms with Crippen LogP contribution in [-0.2, 0) is 5.75 Å². The van der Waals surface area contributed by atoms with Gasteiger partial charge in [0.15, 0.2) is 5.76 Å². The van der Waals surface area contributed by atoms with Crippen LogP contribution < -0.4 is 5.32 Å². The zero-order chi connectivity index (χ0) is 14.4. The number of nitrogens with one attached hydrogen (secondary N) is 1. The first kappa shape index (κ1) is 14.7. The first-order valence-corrected chi connectivity index (χ1v) is 7.69. The fourth-order valence-corrected chi connectivity index (χ4v) is 2.23. The normalized spacial score (nSPS) is 12.1. The van der Waals surface area contributed by atoms with Crippen molar-refractivity contribution in [3.63, 3.8) is 0 Å². The van der Waals surface area contributed by atoms with Crippen LogP contribution in [0.1, 0.15) is 28.0 Å². The Labute approximate surface area is 122 Å². The highest BCUT2D eigenvalue weighted by Crippen LogP contribution is 2.14. The van der Waals surface area contributed by atoms with E-state index in [1.54, 1.807) is 23.9 Å². The molecule has 1 aromatic carbocycles. The summed E-state index contributed by atoms with van der Waals surface area (Å²) >= 11 is 1.63. The average molecular weight is 291 g/mol. The molecule has 2 aromatic rings. The predicted molar refractivity (Wildman–Crippen MR) is 79.7 cm³/mol. The maximum Gasteiger partial charge on any atom is 0.287 e. The lowest BCUT2D eigenvalue weighted by Gasteiger charge is -2.11. The molecule has 0 aliphatic carbocycles. The summed E-state index contributed by atoms with van der Waals surface area (Å²) in [5.74, 6) is 1.47. The molecule has 5 heteroatoms. The molecular formula is C15H17NO3S. The van der Waals surface area contributed by atoms with Gasteiger partial charge < -0.3 is 14.8 Å². The second-order valence-electron chi connectivity index (χ2n) is 4.34. The molecule has 1 heterocycles. The molecule has 2 rings (SSSR count). The first-order chi connectivity index (χ1) is 9.70. The highest BCUT2D eigenvalue weighted by molar-refractivity contribution is 7.97.